The van der Waals surface area contributed by atoms with Gasteiger partial charge in [0.2, 0.25) is 0 Å². The average molecular weight is 190 g/mol. The molecule has 0 radical (unpaired) electrons. The number of benzene rings is 1. The molecule has 0 aliphatic heterocycles. The van der Waals surface area contributed by atoms with E-state index < -0.39 is 0 Å². The minimum atomic E-state index is 0.908. The summed E-state index contributed by atoms with van der Waals surface area (Å²) in [6.07, 6.45) is 0. The maximum Gasteiger partial charge on any atom is 0.130 e. The molecule has 0 fully saturated rings. The van der Waals surface area contributed by atoms with E-state index in [1.165, 1.54) is 5.56 Å². The quantitative estimate of drug-likeness (QED) is 0.689. The third-order valence-electron chi connectivity index (χ3n) is 2.55. The molecule has 0 bridgehead atoms. The Labute approximate surface area is 83.3 Å². The van der Waals surface area contributed by atoms with Crippen molar-refractivity contribution in [3.63, 3.8) is 0 Å². The largest absolute Gasteiger partial charge is 0.496 e. The number of aryl methyl sites for hydroxylation is 3. The molecule has 74 valence electrons. The van der Waals surface area contributed by atoms with Crippen LogP contribution in [0.5, 0.6) is 5.75 Å². The molecule has 0 aliphatic rings. The van der Waals surface area contributed by atoms with Gasteiger partial charge < -0.3 is 4.74 Å². The van der Waals surface area contributed by atoms with Gasteiger partial charge in [-0.3, -0.25) is 4.68 Å². The number of hydrogen-bond acceptors (Lipinski definition) is 2. The molecule has 0 aliphatic carbocycles. The van der Waals surface area contributed by atoms with Crippen molar-refractivity contribution in [2.45, 2.75) is 13.8 Å². The lowest BCUT2D eigenvalue weighted by Gasteiger charge is -2.03. The minimum Gasteiger partial charge on any atom is -0.496 e. The molecule has 0 unspecified atom stereocenters. The summed E-state index contributed by atoms with van der Waals surface area (Å²) >= 11 is 0. The van der Waals surface area contributed by atoms with E-state index in [-0.39, 0.29) is 0 Å². The number of methoxy groups -OCH3 is 1. The standard InChI is InChI=1S/C11H14N2O/c1-7-5-9-11(10(6-7)14-4)8(2)13(3)12-9/h5-6H,1-4H3. The van der Waals surface area contributed by atoms with E-state index in [1.807, 2.05) is 31.6 Å². The molecule has 14 heavy (non-hydrogen) atoms. The zero-order valence-electron chi connectivity index (χ0n) is 8.96. The Morgan fingerprint density at radius 3 is 2.64 bits per heavy atom. The highest BCUT2D eigenvalue weighted by Crippen LogP contribution is 2.29. The second-order valence-corrected chi connectivity index (χ2v) is 3.57. The number of nitrogens with zero attached hydrogens (tertiary/aromatic N) is 2. The van der Waals surface area contributed by atoms with Crippen molar-refractivity contribution >= 4 is 10.9 Å². The smallest absolute Gasteiger partial charge is 0.130 e. The molecule has 0 spiro atoms. The van der Waals surface area contributed by atoms with Gasteiger partial charge in [-0.25, -0.2) is 0 Å². The Morgan fingerprint density at radius 1 is 1.29 bits per heavy atom. The lowest BCUT2D eigenvalue weighted by Crippen LogP contribution is -1.91. The topological polar surface area (TPSA) is 27.1 Å². The maximum absolute atomic E-state index is 5.35. The van der Waals surface area contributed by atoms with E-state index in [2.05, 4.69) is 11.2 Å². The molecule has 1 heterocycles. The van der Waals surface area contributed by atoms with Crippen molar-refractivity contribution < 1.29 is 4.74 Å². The third-order valence-corrected chi connectivity index (χ3v) is 2.55. The van der Waals surface area contributed by atoms with Crippen molar-refractivity contribution in [1.82, 2.24) is 9.78 Å². The number of aromatic nitrogens is 2. The number of hydrogen-bond donors (Lipinski definition) is 0. The first-order chi connectivity index (χ1) is 6.63. The molecule has 0 amide bonds. The van der Waals surface area contributed by atoms with Gasteiger partial charge in [-0.2, -0.15) is 5.10 Å². The number of rotatable bonds is 1. The number of fused-ring (bicyclic) bond motifs is 1. The van der Waals surface area contributed by atoms with Crippen LogP contribution in [0.15, 0.2) is 12.1 Å². The lowest BCUT2D eigenvalue weighted by atomic mass is 10.1. The summed E-state index contributed by atoms with van der Waals surface area (Å²) in [6, 6.07) is 4.11. The Balaban J connectivity index is 2.88. The summed E-state index contributed by atoms with van der Waals surface area (Å²) in [6.45, 7) is 4.10. The Bertz CT molecular complexity index is 485. The van der Waals surface area contributed by atoms with Crippen LogP contribution in [-0.4, -0.2) is 16.9 Å². The van der Waals surface area contributed by atoms with E-state index in [1.54, 1.807) is 7.11 Å². The highest BCUT2D eigenvalue weighted by molar-refractivity contribution is 5.88. The zero-order chi connectivity index (χ0) is 10.3. The Kier molecular flexibility index (Phi) is 1.95. The molecule has 3 heteroatoms. The summed E-state index contributed by atoms with van der Waals surface area (Å²) < 4.78 is 7.23. The minimum absolute atomic E-state index is 0.908. The molecular weight excluding hydrogens is 176 g/mol. The third kappa shape index (κ3) is 1.16. The molecule has 0 N–H and O–H groups in total. The molecule has 1 aromatic heterocycles. The average Bonchev–Trinajstić information content (AvgIpc) is 2.41. The first-order valence-corrected chi connectivity index (χ1v) is 4.61. The lowest BCUT2D eigenvalue weighted by molar-refractivity contribution is 0.419. The van der Waals surface area contributed by atoms with Crippen molar-refractivity contribution in [1.29, 1.82) is 0 Å². The molecule has 2 aromatic rings. The van der Waals surface area contributed by atoms with Crippen LogP contribution in [0.1, 0.15) is 11.3 Å². The van der Waals surface area contributed by atoms with Crippen LogP contribution in [0.4, 0.5) is 0 Å². The summed E-state index contributed by atoms with van der Waals surface area (Å²) in [7, 11) is 3.64. The second kappa shape index (κ2) is 3.01. The van der Waals surface area contributed by atoms with E-state index in [4.69, 9.17) is 4.74 Å². The molecule has 0 saturated heterocycles. The van der Waals surface area contributed by atoms with Crippen LogP contribution in [0.3, 0.4) is 0 Å². The predicted octanol–water partition coefficient (Wildman–Crippen LogP) is 2.20. The Morgan fingerprint density at radius 2 is 2.00 bits per heavy atom. The first kappa shape index (κ1) is 9.06. The van der Waals surface area contributed by atoms with E-state index in [0.29, 0.717) is 0 Å². The molecule has 0 saturated carbocycles. The van der Waals surface area contributed by atoms with Crippen molar-refractivity contribution in [2.24, 2.45) is 7.05 Å². The van der Waals surface area contributed by atoms with Gasteiger partial charge in [-0.15, -0.1) is 0 Å². The van der Waals surface area contributed by atoms with Crippen LogP contribution in [0.25, 0.3) is 10.9 Å². The normalized spacial score (nSPS) is 10.9. The fourth-order valence-corrected chi connectivity index (χ4v) is 1.74. The van der Waals surface area contributed by atoms with E-state index >= 15 is 0 Å². The van der Waals surface area contributed by atoms with Gasteiger partial charge in [0.25, 0.3) is 0 Å². The zero-order valence-corrected chi connectivity index (χ0v) is 8.96. The van der Waals surface area contributed by atoms with Crippen LogP contribution >= 0.6 is 0 Å². The predicted molar refractivity (Wildman–Crippen MR) is 56.7 cm³/mol. The molecular formula is C11H14N2O. The summed E-state index contributed by atoms with van der Waals surface area (Å²) in [4.78, 5) is 0. The van der Waals surface area contributed by atoms with Gasteiger partial charge in [0.1, 0.15) is 5.75 Å². The molecule has 1 aromatic carbocycles. The van der Waals surface area contributed by atoms with Gasteiger partial charge >= 0.3 is 0 Å². The van der Waals surface area contributed by atoms with Gasteiger partial charge in [0.15, 0.2) is 0 Å². The summed E-state index contributed by atoms with van der Waals surface area (Å²) in [5.74, 6) is 0.908. The number of ether oxygens (including phenoxy) is 1. The van der Waals surface area contributed by atoms with E-state index in [0.717, 1.165) is 22.3 Å². The Hall–Kier alpha value is -1.51. The van der Waals surface area contributed by atoms with Gasteiger partial charge in [-0.05, 0) is 31.5 Å². The SMILES string of the molecule is COc1cc(C)cc2nn(C)c(C)c12. The van der Waals surface area contributed by atoms with Crippen molar-refractivity contribution in [2.75, 3.05) is 7.11 Å². The second-order valence-electron chi connectivity index (χ2n) is 3.57. The molecule has 2 rings (SSSR count). The van der Waals surface area contributed by atoms with Gasteiger partial charge in [-0.1, -0.05) is 0 Å². The first-order valence-electron chi connectivity index (χ1n) is 4.61. The van der Waals surface area contributed by atoms with Crippen LogP contribution in [0, 0.1) is 13.8 Å². The van der Waals surface area contributed by atoms with Crippen molar-refractivity contribution in [3.8, 4) is 5.75 Å². The van der Waals surface area contributed by atoms with Crippen LogP contribution < -0.4 is 4.74 Å². The fraction of sp³-hybridized carbons (Fsp3) is 0.364. The monoisotopic (exact) mass is 190 g/mol. The highest BCUT2D eigenvalue weighted by atomic mass is 16.5. The van der Waals surface area contributed by atoms with Crippen molar-refractivity contribution in [3.05, 3.63) is 23.4 Å². The molecule has 0 atom stereocenters. The maximum atomic E-state index is 5.35. The van der Waals surface area contributed by atoms with Crippen LogP contribution in [0.2, 0.25) is 0 Å². The fourth-order valence-electron chi connectivity index (χ4n) is 1.74. The van der Waals surface area contributed by atoms with Crippen LogP contribution in [-0.2, 0) is 7.05 Å². The molecule has 3 nitrogen and oxygen atoms in total. The van der Waals surface area contributed by atoms with Gasteiger partial charge in [0.05, 0.1) is 18.0 Å². The highest BCUT2D eigenvalue weighted by Gasteiger charge is 2.10. The van der Waals surface area contributed by atoms with E-state index in [9.17, 15) is 0 Å². The summed E-state index contributed by atoms with van der Waals surface area (Å²) in [5, 5.41) is 5.53. The summed E-state index contributed by atoms with van der Waals surface area (Å²) in [5.41, 5.74) is 3.31. The van der Waals surface area contributed by atoms with Gasteiger partial charge in [0, 0.05) is 12.7 Å².